The van der Waals surface area contributed by atoms with Crippen molar-refractivity contribution >= 4 is 40.3 Å². The van der Waals surface area contributed by atoms with Crippen LogP contribution >= 0.6 is 23.2 Å². The highest BCUT2D eigenvalue weighted by molar-refractivity contribution is 6.18. The molecule has 5 heteroatoms. The van der Waals surface area contributed by atoms with E-state index < -0.39 is 0 Å². The molecule has 0 aliphatic rings. The standard InChI is InChI=1S/C11H17Cl2N3/c1-15-11-3-2-9(8-10(11)14)16(6-4-12)7-5-13/h2-3,8,15H,4-7,14H2,1H3. The van der Waals surface area contributed by atoms with Crippen molar-refractivity contribution in [2.24, 2.45) is 0 Å². The van der Waals surface area contributed by atoms with Crippen LogP contribution in [0.5, 0.6) is 0 Å². The Morgan fingerprint density at radius 2 is 1.88 bits per heavy atom. The van der Waals surface area contributed by atoms with Gasteiger partial charge >= 0.3 is 0 Å². The highest BCUT2D eigenvalue weighted by Crippen LogP contribution is 2.24. The van der Waals surface area contributed by atoms with Crippen LogP contribution in [0.3, 0.4) is 0 Å². The predicted octanol–water partition coefficient (Wildman–Crippen LogP) is 2.59. The maximum atomic E-state index is 5.91. The number of nitrogens with two attached hydrogens (primary N) is 1. The first-order valence-electron chi connectivity index (χ1n) is 5.17. The zero-order valence-corrected chi connectivity index (χ0v) is 10.9. The van der Waals surface area contributed by atoms with Crippen LogP contribution in [0.4, 0.5) is 17.1 Å². The first-order chi connectivity index (χ1) is 7.72. The zero-order valence-electron chi connectivity index (χ0n) is 9.34. The van der Waals surface area contributed by atoms with Crippen LogP contribution in [0.25, 0.3) is 0 Å². The first kappa shape index (κ1) is 13.3. The lowest BCUT2D eigenvalue weighted by molar-refractivity contribution is 0.874. The average Bonchev–Trinajstić information content (AvgIpc) is 2.28. The lowest BCUT2D eigenvalue weighted by Gasteiger charge is -2.23. The quantitative estimate of drug-likeness (QED) is 0.611. The fourth-order valence-electron chi connectivity index (χ4n) is 1.55. The van der Waals surface area contributed by atoms with Crippen LogP contribution in [0.15, 0.2) is 18.2 Å². The summed E-state index contributed by atoms with van der Waals surface area (Å²) < 4.78 is 0. The molecule has 90 valence electrons. The van der Waals surface area contributed by atoms with Crippen molar-refractivity contribution in [1.82, 2.24) is 0 Å². The van der Waals surface area contributed by atoms with E-state index in [-0.39, 0.29) is 0 Å². The minimum Gasteiger partial charge on any atom is -0.397 e. The Balaban J connectivity index is 2.87. The highest BCUT2D eigenvalue weighted by Gasteiger charge is 2.07. The van der Waals surface area contributed by atoms with Gasteiger partial charge in [0.05, 0.1) is 11.4 Å². The first-order valence-corrected chi connectivity index (χ1v) is 6.24. The van der Waals surface area contributed by atoms with Gasteiger partial charge in [0.25, 0.3) is 0 Å². The van der Waals surface area contributed by atoms with Crippen molar-refractivity contribution in [3.05, 3.63) is 18.2 Å². The summed E-state index contributed by atoms with van der Waals surface area (Å²) in [7, 11) is 1.85. The second kappa shape index (κ2) is 6.71. The van der Waals surface area contributed by atoms with Crippen LogP contribution in [0.1, 0.15) is 0 Å². The van der Waals surface area contributed by atoms with Crippen LogP contribution < -0.4 is 16.0 Å². The number of anilines is 3. The second-order valence-corrected chi connectivity index (χ2v) is 4.14. The molecule has 0 heterocycles. The van der Waals surface area contributed by atoms with Gasteiger partial charge in [-0.25, -0.2) is 0 Å². The molecule has 1 aromatic rings. The minimum atomic E-state index is 0.574. The highest BCUT2D eigenvalue weighted by atomic mass is 35.5. The molecule has 0 aliphatic carbocycles. The summed E-state index contributed by atoms with van der Waals surface area (Å²) in [6.07, 6.45) is 0. The van der Waals surface area contributed by atoms with Gasteiger partial charge in [0, 0.05) is 37.6 Å². The normalized spacial score (nSPS) is 10.2. The smallest absolute Gasteiger partial charge is 0.0572 e. The molecule has 0 radical (unpaired) electrons. The molecule has 0 fully saturated rings. The fourth-order valence-corrected chi connectivity index (χ4v) is 1.96. The summed E-state index contributed by atoms with van der Waals surface area (Å²) in [6.45, 7) is 1.54. The largest absolute Gasteiger partial charge is 0.397 e. The Hall–Kier alpha value is -0.800. The molecular formula is C11H17Cl2N3. The number of hydrogen-bond acceptors (Lipinski definition) is 3. The molecule has 0 atom stereocenters. The van der Waals surface area contributed by atoms with Crippen molar-refractivity contribution in [2.45, 2.75) is 0 Å². The summed E-state index contributed by atoms with van der Waals surface area (Å²) in [4.78, 5) is 2.12. The molecule has 0 saturated heterocycles. The third-order valence-electron chi connectivity index (χ3n) is 2.38. The Labute approximate surface area is 107 Å². The Bertz CT molecular complexity index is 325. The van der Waals surface area contributed by atoms with Crippen LogP contribution in [0.2, 0.25) is 0 Å². The van der Waals surface area contributed by atoms with Crippen molar-refractivity contribution in [1.29, 1.82) is 0 Å². The number of hydrogen-bond donors (Lipinski definition) is 2. The maximum absolute atomic E-state index is 5.91. The van der Waals surface area contributed by atoms with Crippen LogP contribution in [-0.4, -0.2) is 31.9 Å². The van der Waals surface area contributed by atoms with Crippen molar-refractivity contribution < 1.29 is 0 Å². The van der Waals surface area contributed by atoms with Gasteiger partial charge in [0.2, 0.25) is 0 Å². The average molecular weight is 262 g/mol. The van der Waals surface area contributed by atoms with E-state index in [0.29, 0.717) is 11.8 Å². The Kier molecular flexibility index (Phi) is 5.56. The predicted molar refractivity (Wildman–Crippen MR) is 74.1 cm³/mol. The number of nitrogens with one attached hydrogen (secondary N) is 1. The monoisotopic (exact) mass is 261 g/mol. The number of alkyl halides is 2. The third-order valence-corrected chi connectivity index (χ3v) is 2.72. The van der Waals surface area contributed by atoms with Gasteiger partial charge in [-0.15, -0.1) is 23.2 Å². The van der Waals surface area contributed by atoms with E-state index in [1.807, 2.05) is 25.2 Å². The molecule has 0 saturated carbocycles. The van der Waals surface area contributed by atoms with Crippen molar-refractivity contribution in [2.75, 3.05) is 47.8 Å². The van der Waals surface area contributed by atoms with Crippen LogP contribution in [-0.2, 0) is 0 Å². The van der Waals surface area contributed by atoms with E-state index in [0.717, 1.165) is 30.2 Å². The van der Waals surface area contributed by atoms with Gasteiger partial charge in [-0.1, -0.05) is 0 Å². The number of benzene rings is 1. The summed E-state index contributed by atoms with van der Waals surface area (Å²) in [5.41, 5.74) is 8.62. The number of nitrogens with zero attached hydrogens (tertiary/aromatic N) is 1. The van der Waals surface area contributed by atoms with E-state index in [1.54, 1.807) is 0 Å². The third kappa shape index (κ3) is 3.35. The molecule has 0 amide bonds. The van der Waals surface area contributed by atoms with E-state index in [4.69, 9.17) is 28.9 Å². The van der Waals surface area contributed by atoms with Gasteiger partial charge in [0.1, 0.15) is 0 Å². The van der Waals surface area contributed by atoms with E-state index in [2.05, 4.69) is 10.2 Å². The van der Waals surface area contributed by atoms with Gasteiger partial charge < -0.3 is 16.0 Å². The van der Waals surface area contributed by atoms with E-state index in [9.17, 15) is 0 Å². The van der Waals surface area contributed by atoms with Gasteiger partial charge in [0.15, 0.2) is 0 Å². The molecular weight excluding hydrogens is 245 g/mol. The molecule has 1 aromatic carbocycles. The SMILES string of the molecule is CNc1ccc(N(CCCl)CCCl)cc1N. The molecule has 1 rings (SSSR count). The maximum Gasteiger partial charge on any atom is 0.0572 e. The van der Waals surface area contributed by atoms with Gasteiger partial charge in [-0.3, -0.25) is 0 Å². The molecule has 0 unspecified atom stereocenters. The lowest BCUT2D eigenvalue weighted by atomic mass is 10.2. The van der Waals surface area contributed by atoms with Crippen molar-refractivity contribution in [3.63, 3.8) is 0 Å². The van der Waals surface area contributed by atoms with E-state index in [1.165, 1.54) is 0 Å². The number of rotatable bonds is 6. The molecule has 0 aliphatic heterocycles. The molecule has 0 aromatic heterocycles. The molecule has 16 heavy (non-hydrogen) atoms. The lowest BCUT2D eigenvalue weighted by Crippen LogP contribution is -2.27. The van der Waals surface area contributed by atoms with Gasteiger partial charge in [-0.2, -0.15) is 0 Å². The summed E-state index contributed by atoms with van der Waals surface area (Å²) >= 11 is 11.5. The van der Waals surface area contributed by atoms with Crippen LogP contribution in [0, 0.1) is 0 Å². The summed E-state index contributed by atoms with van der Waals surface area (Å²) in [5, 5.41) is 3.03. The topological polar surface area (TPSA) is 41.3 Å². The second-order valence-electron chi connectivity index (χ2n) is 3.39. The molecule has 3 nitrogen and oxygen atoms in total. The molecule has 0 spiro atoms. The fraction of sp³-hybridized carbons (Fsp3) is 0.455. The summed E-state index contributed by atoms with van der Waals surface area (Å²) in [5.74, 6) is 1.15. The Morgan fingerprint density at radius 3 is 2.31 bits per heavy atom. The summed E-state index contributed by atoms with van der Waals surface area (Å²) in [6, 6.07) is 5.91. The van der Waals surface area contributed by atoms with Crippen molar-refractivity contribution in [3.8, 4) is 0 Å². The number of halogens is 2. The number of nitrogen functional groups attached to an aromatic ring is 1. The molecule has 0 bridgehead atoms. The minimum absolute atomic E-state index is 0.574. The molecule has 3 N–H and O–H groups in total. The zero-order chi connectivity index (χ0) is 12.0. The Morgan fingerprint density at radius 1 is 1.25 bits per heavy atom. The van der Waals surface area contributed by atoms with E-state index >= 15 is 0 Å². The van der Waals surface area contributed by atoms with Gasteiger partial charge in [-0.05, 0) is 18.2 Å².